The highest BCUT2D eigenvalue weighted by molar-refractivity contribution is 9.10. The molecular formula is C16H13BrN2O3. The fourth-order valence-electron chi connectivity index (χ4n) is 2.14. The third kappa shape index (κ3) is 3.12. The van der Waals surface area contributed by atoms with Crippen LogP contribution in [-0.2, 0) is 11.2 Å². The molecule has 0 atom stereocenters. The highest BCUT2D eigenvalue weighted by Gasteiger charge is 2.11. The normalized spacial score (nSPS) is 10.6. The van der Waals surface area contributed by atoms with Gasteiger partial charge in [0.25, 0.3) is 0 Å². The smallest absolute Gasteiger partial charge is 0.230 e. The number of hydrogen-bond acceptors (Lipinski definition) is 4. The number of furan rings is 1. The number of amides is 1. The van der Waals surface area contributed by atoms with Crippen LogP contribution in [0.25, 0.3) is 11.0 Å². The molecule has 1 aromatic carbocycles. The predicted molar refractivity (Wildman–Crippen MR) is 87.0 cm³/mol. The second-order valence-electron chi connectivity index (χ2n) is 4.71. The lowest BCUT2D eigenvalue weighted by Gasteiger charge is -2.03. The number of pyridine rings is 1. The Morgan fingerprint density at radius 3 is 2.95 bits per heavy atom. The van der Waals surface area contributed by atoms with E-state index in [2.05, 4.69) is 26.2 Å². The summed E-state index contributed by atoms with van der Waals surface area (Å²) < 4.78 is 11.5. The summed E-state index contributed by atoms with van der Waals surface area (Å²) in [7, 11) is 1.60. The quantitative estimate of drug-likeness (QED) is 0.768. The fourth-order valence-corrected chi connectivity index (χ4v) is 2.37. The van der Waals surface area contributed by atoms with Crippen LogP contribution in [0.1, 0.15) is 5.56 Å². The lowest BCUT2D eigenvalue weighted by atomic mass is 10.1. The molecule has 22 heavy (non-hydrogen) atoms. The molecule has 5 nitrogen and oxygen atoms in total. The van der Waals surface area contributed by atoms with Crippen LogP contribution in [0.15, 0.2) is 51.7 Å². The molecule has 3 aromatic rings. The van der Waals surface area contributed by atoms with Gasteiger partial charge in [0, 0.05) is 27.7 Å². The van der Waals surface area contributed by atoms with E-state index in [0.29, 0.717) is 11.4 Å². The first-order chi connectivity index (χ1) is 10.7. The first kappa shape index (κ1) is 14.6. The van der Waals surface area contributed by atoms with Crippen LogP contribution in [0, 0.1) is 0 Å². The van der Waals surface area contributed by atoms with Crippen LogP contribution < -0.4 is 10.1 Å². The Morgan fingerprint density at radius 2 is 2.23 bits per heavy atom. The number of aromatic nitrogens is 1. The van der Waals surface area contributed by atoms with Crippen LogP contribution in [0.5, 0.6) is 5.75 Å². The van der Waals surface area contributed by atoms with Crippen molar-refractivity contribution in [2.45, 2.75) is 6.42 Å². The number of methoxy groups -OCH3 is 1. The molecule has 112 valence electrons. The summed E-state index contributed by atoms with van der Waals surface area (Å²) in [6.45, 7) is 0. The molecule has 0 unspecified atom stereocenters. The van der Waals surface area contributed by atoms with Gasteiger partial charge in [-0.3, -0.25) is 4.79 Å². The van der Waals surface area contributed by atoms with E-state index in [-0.39, 0.29) is 12.3 Å². The SMILES string of the molecule is COc1ccc2c(CC(=O)Nc3ccc(Br)cn3)coc2c1. The topological polar surface area (TPSA) is 64.4 Å². The Labute approximate surface area is 135 Å². The molecule has 0 aliphatic carbocycles. The molecule has 0 saturated heterocycles. The van der Waals surface area contributed by atoms with Crippen molar-refractivity contribution >= 4 is 38.6 Å². The molecule has 3 rings (SSSR count). The Morgan fingerprint density at radius 1 is 1.36 bits per heavy atom. The molecular weight excluding hydrogens is 348 g/mol. The van der Waals surface area contributed by atoms with Crippen LogP contribution in [-0.4, -0.2) is 18.0 Å². The summed E-state index contributed by atoms with van der Waals surface area (Å²) in [5.41, 5.74) is 1.52. The van der Waals surface area contributed by atoms with Gasteiger partial charge in [0.05, 0.1) is 19.8 Å². The number of hydrogen-bond donors (Lipinski definition) is 1. The van der Waals surface area contributed by atoms with E-state index >= 15 is 0 Å². The van der Waals surface area contributed by atoms with E-state index in [4.69, 9.17) is 9.15 Å². The van der Waals surface area contributed by atoms with Crippen molar-refractivity contribution in [2.24, 2.45) is 0 Å². The summed E-state index contributed by atoms with van der Waals surface area (Å²) in [5, 5.41) is 3.66. The minimum Gasteiger partial charge on any atom is -0.497 e. The Kier molecular flexibility index (Phi) is 4.11. The fraction of sp³-hybridized carbons (Fsp3) is 0.125. The van der Waals surface area contributed by atoms with Gasteiger partial charge in [-0.25, -0.2) is 4.98 Å². The van der Waals surface area contributed by atoms with E-state index in [0.717, 1.165) is 21.2 Å². The maximum Gasteiger partial charge on any atom is 0.230 e. The van der Waals surface area contributed by atoms with E-state index in [1.165, 1.54) is 0 Å². The van der Waals surface area contributed by atoms with Gasteiger partial charge in [0.1, 0.15) is 17.2 Å². The molecule has 0 bridgehead atoms. The molecule has 2 heterocycles. The molecule has 0 aliphatic heterocycles. The van der Waals surface area contributed by atoms with Crippen LogP contribution >= 0.6 is 15.9 Å². The van der Waals surface area contributed by atoms with Gasteiger partial charge in [0.2, 0.25) is 5.91 Å². The van der Waals surface area contributed by atoms with Crippen molar-refractivity contribution in [1.29, 1.82) is 0 Å². The summed E-state index contributed by atoms with van der Waals surface area (Å²) in [6, 6.07) is 9.09. The molecule has 2 aromatic heterocycles. The zero-order valence-corrected chi connectivity index (χ0v) is 13.4. The number of nitrogens with one attached hydrogen (secondary N) is 1. The average Bonchev–Trinajstić information content (AvgIpc) is 2.91. The van der Waals surface area contributed by atoms with Crippen molar-refractivity contribution in [2.75, 3.05) is 12.4 Å². The summed E-state index contributed by atoms with van der Waals surface area (Å²) >= 11 is 3.30. The van der Waals surface area contributed by atoms with Gasteiger partial charge in [-0.1, -0.05) is 0 Å². The van der Waals surface area contributed by atoms with E-state index < -0.39 is 0 Å². The van der Waals surface area contributed by atoms with Crippen LogP contribution in [0.2, 0.25) is 0 Å². The number of rotatable bonds is 4. The minimum absolute atomic E-state index is 0.145. The van der Waals surface area contributed by atoms with Gasteiger partial charge < -0.3 is 14.5 Å². The van der Waals surface area contributed by atoms with E-state index in [1.54, 1.807) is 31.7 Å². The van der Waals surface area contributed by atoms with Crippen molar-refractivity contribution in [3.8, 4) is 5.75 Å². The van der Waals surface area contributed by atoms with Gasteiger partial charge in [-0.2, -0.15) is 0 Å². The Bertz CT molecular complexity index is 812. The molecule has 1 N–H and O–H groups in total. The zero-order chi connectivity index (χ0) is 15.5. The highest BCUT2D eigenvalue weighted by atomic mass is 79.9. The van der Waals surface area contributed by atoms with Gasteiger partial charge in [0.15, 0.2) is 0 Å². The lowest BCUT2D eigenvalue weighted by Crippen LogP contribution is -2.14. The third-order valence-electron chi connectivity index (χ3n) is 3.21. The number of nitrogens with zero attached hydrogens (tertiary/aromatic N) is 1. The average molecular weight is 361 g/mol. The molecule has 0 spiro atoms. The van der Waals surface area contributed by atoms with Crippen LogP contribution in [0.3, 0.4) is 0 Å². The number of ether oxygens (including phenoxy) is 1. The van der Waals surface area contributed by atoms with Crippen LogP contribution in [0.4, 0.5) is 5.82 Å². The molecule has 0 radical (unpaired) electrons. The van der Waals surface area contributed by atoms with Crippen molar-refractivity contribution < 1.29 is 13.9 Å². The van der Waals surface area contributed by atoms with Crippen molar-refractivity contribution in [3.63, 3.8) is 0 Å². The first-order valence-corrected chi connectivity index (χ1v) is 7.40. The predicted octanol–water partition coefficient (Wildman–Crippen LogP) is 3.78. The lowest BCUT2D eigenvalue weighted by molar-refractivity contribution is -0.115. The first-order valence-electron chi connectivity index (χ1n) is 6.61. The Hall–Kier alpha value is -2.34. The highest BCUT2D eigenvalue weighted by Crippen LogP contribution is 2.26. The molecule has 0 fully saturated rings. The molecule has 0 saturated carbocycles. The van der Waals surface area contributed by atoms with Gasteiger partial charge >= 0.3 is 0 Å². The molecule has 6 heteroatoms. The summed E-state index contributed by atoms with van der Waals surface area (Å²) in [6.07, 6.45) is 3.45. The number of carbonyl (C=O) groups excluding carboxylic acids is 1. The maximum absolute atomic E-state index is 12.1. The minimum atomic E-state index is -0.145. The van der Waals surface area contributed by atoms with E-state index in [1.807, 2.05) is 18.2 Å². The number of halogens is 1. The van der Waals surface area contributed by atoms with Gasteiger partial charge in [-0.15, -0.1) is 0 Å². The zero-order valence-electron chi connectivity index (χ0n) is 11.8. The standard InChI is InChI=1S/C16H13BrN2O3/c1-21-12-3-4-13-10(9-22-14(13)7-12)6-16(20)19-15-5-2-11(17)8-18-15/h2-5,7-9H,6H2,1H3,(H,18,19,20). The number of carbonyl (C=O) groups is 1. The van der Waals surface area contributed by atoms with Crippen molar-refractivity contribution in [1.82, 2.24) is 4.98 Å². The third-order valence-corrected chi connectivity index (χ3v) is 3.68. The number of anilines is 1. The van der Waals surface area contributed by atoms with E-state index in [9.17, 15) is 4.79 Å². The number of benzene rings is 1. The number of fused-ring (bicyclic) bond motifs is 1. The Balaban J connectivity index is 1.75. The summed E-state index contributed by atoms with van der Waals surface area (Å²) in [4.78, 5) is 16.2. The largest absolute Gasteiger partial charge is 0.497 e. The second kappa shape index (κ2) is 6.19. The molecule has 0 aliphatic rings. The van der Waals surface area contributed by atoms with Crippen molar-refractivity contribution in [3.05, 3.63) is 52.8 Å². The van der Waals surface area contributed by atoms with Gasteiger partial charge in [-0.05, 0) is 40.2 Å². The monoisotopic (exact) mass is 360 g/mol. The summed E-state index contributed by atoms with van der Waals surface area (Å²) in [5.74, 6) is 1.09. The maximum atomic E-state index is 12.1. The second-order valence-corrected chi connectivity index (χ2v) is 5.63. The molecule has 1 amide bonds.